The summed E-state index contributed by atoms with van der Waals surface area (Å²) in [7, 11) is -9.70. The van der Waals surface area contributed by atoms with Crippen molar-refractivity contribution in [2.24, 2.45) is 5.92 Å². The number of phosphoric acid groups is 2. The lowest BCUT2D eigenvalue weighted by Crippen LogP contribution is -2.29. The highest BCUT2D eigenvalue weighted by molar-refractivity contribution is 7.47. The smallest absolute Gasteiger partial charge is 0.462 e. The molecule has 0 fully saturated rings. The summed E-state index contributed by atoms with van der Waals surface area (Å²) in [5.41, 5.74) is 0. The fraction of sp³-hybridized carbons (Fsp3) is 0.707. The summed E-state index contributed by atoms with van der Waals surface area (Å²) in [6, 6.07) is 0. The Bertz CT molecular complexity index is 1270. The molecule has 0 amide bonds. The van der Waals surface area contributed by atoms with Crippen molar-refractivity contribution in [1.82, 2.24) is 0 Å². The standard InChI is InChI=1S/C41H72O14P2/c1-4-5-28-37(42)29-24-20-16-12-8-6-7-9-13-18-22-26-31-41(45)55-39(35-54-57(49,50)53-33-38(43)32-52-56(46,47)48)34-51-40(44)30-25-21-17-14-10-11-15-19-23-27-36(2)3/h5-7,12-13,16,18,20,24,28,36-39,42-43H,4,8-11,14-15,17,19,21-23,25-27,29-35H2,1-3H3,(H,49,50)(H2,46,47,48)/b7-6-,16-12-,18-13-,24-20+,28-5-/t37?,38-,39+/m0/s1. The number of aliphatic hydroxyl groups excluding tert-OH is 2. The third-order valence-electron chi connectivity index (χ3n) is 8.16. The zero-order valence-corrected chi connectivity index (χ0v) is 36.2. The maximum absolute atomic E-state index is 12.6. The monoisotopic (exact) mass is 850 g/mol. The van der Waals surface area contributed by atoms with Crippen molar-refractivity contribution in [1.29, 1.82) is 0 Å². The lowest BCUT2D eigenvalue weighted by atomic mass is 10.0. The molecule has 0 saturated heterocycles. The fourth-order valence-corrected chi connectivity index (χ4v) is 6.21. The van der Waals surface area contributed by atoms with Gasteiger partial charge < -0.3 is 34.4 Å². The first-order chi connectivity index (χ1) is 27.1. The number of rotatable bonds is 37. The van der Waals surface area contributed by atoms with E-state index in [0.29, 0.717) is 25.7 Å². The molecule has 0 saturated carbocycles. The summed E-state index contributed by atoms with van der Waals surface area (Å²) >= 11 is 0. The number of unbranched alkanes of at least 4 members (excludes halogenated alkanes) is 9. The lowest BCUT2D eigenvalue weighted by Gasteiger charge is -2.20. The predicted molar refractivity (Wildman–Crippen MR) is 222 cm³/mol. The van der Waals surface area contributed by atoms with Crippen LogP contribution in [0.15, 0.2) is 60.8 Å². The van der Waals surface area contributed by atoms with Gasteiger partial charge in [-0.1, -0.05) is 139 Å². The molecule has 5 N–H and O–H groups in total. The third kappa shape index (κ3) is 40.3. The topological polar surface area (TPSA) is 216 Å². The number of phosphoric ester groups is 2. The van der Waals surface area contributed by atoms with Crippen LogP contribution in [0.2, 0.25) is 0 Å². The summed E-state index contributed by atoms with van der Waals surface area (Å²) in [6.45, 7) is 3.70. The average molecular weight is 851 g/mol. The molecule has 16 heteroatoms. The second-order valence-corrected chi connectivity index (χ2v) is 16.9. The van der Waals surface area contributed by atoms with E-state index in [9.17, 15) is 33.8 Å². The van der Waals surface area contributed by atoms with Gasteiger partial charge in [0.25, 0.3) is 0 Å². The number of ether oxygens (including phenoxy) is 2. The molecule has 0 aliphatic heterocycles. The minimum absolute atomic E-state index is 0.0336. The Morgan fingerprint density at radius 3 is 1.84 bits per heavy atom. The van der Waals surface area contributed by atoms with Gasteiger partial charge in [0.1, 0.15) is 12.7 Å². The van der Waals surface area contributed by atoms with Gasteiger partial charge in [0, 0.05) is 12.8 Å². The zero-order valence-electron chi connectivity index (χ0n) is 34.4. The molecule has 0 aliphatic rings. The van der Waals surface area contributed by atoms with E-state index in [-0.39, 0.29) is 12.8 Å². The Labute approximate surface area is 341 Å². The average Bonchev–Trinajstić information content (AvgIpc) is 3.15. The van der Waals surface area contributed by atoms with Gasteiger partial charge in [0.05, 0.1) is 25.9 Å². The van der Waals surface area contributed by atoms with Crippen LogP contribution in [0.4, 0.5) is 0 Å². The molecule has 0 spiro atoms. The van der Waals surface area contributed by atoms with Crippen LogP contribution in [0.5, 0.6) is 0 Å². The molecule has 0 aromatic rings. The Morgan fingerprint density at radius 2 is 1.19 bits per heavy atom. The van der Waals surface area contributed by atoms with Gasteiger partial charge in [0.15, 0.2) is 6.10 Å². The number of hydrogen-bond acceptors (Lipinski definition) is 11. The SMILES string of the molecule is CC/C=C\C(O)C/C=C/C=C\C/C=C\C/C=C\CCCC(=O)O[C@H](COC(=O)CCCCCCCCCCCC(C)C)COP(=O)(O)OC[C@@H](O)COP(=O)(O)O. The Morgan fingerprint density at radius 1 is 0.632 bits per heavy atom. The van der Waals surface area contributed by atoms with Gasteiger partial charge in [-0.15, -0.1) is 0 Å². The van der Waals surface area contributed by atoms with Gasteiger partial charge >= 0.3 is 27.6 Å². The third-order valence-corrected chi connectivity index (χ3v) is 9.60. The molecule has 57 heavy (non-hydrogen) atoms. The van der Waals surface area contributed by atoms with Crippen molar-refractivity contribution in [3.63, 3.8) is 0 Å². The van der Waals surface area contributed by atoms with Crippen molar-refractivity contribution in [2.45, 2.75) is 155 Å². The number of aliphatic hydroxyl groups is 2. The molecule has 0 aliphatic carbocycles. The van der Waals surface area contributed by atoms with E-state index in [2.05, 4.69) is 22.9 Å². The Hall–Kier alpha value is -2.22. The van der Waals surface area contributed by atoms with Crippen molar-refractivity contribution < 1.29 is 66.7 Å². The molecule has 4 atom stereocenters. The van der Waals surface area contributed by atoms with E-state index in [1.807, 2.05) is 61.6 Å². The van der Waals surface area contributed by atoms with Crippen LogP contribution in [0.1, 0.15) is 136 Å². The molecule has 2 unspecified atom stereocenters. The molecule has 0 aromatic heterocycles. The maximum atomic E-state index is 12.6. The van der Waals surface area contributed by atoms with Crippen LogP contribution in [-0.4, -0.2) is 81.6 Å². The minimum Gasteiger partial charge on any atom is -0.462 e. The summed E-state index contributed by atoms with van der Waals surface area (Å²) in [4.78, 5) is 52.5. The minimum atomic E-state index is -4.87. The highest BCUT2D eigenvalue weighted by Crippen LogP contribution is 2.43. The van der Waals surface area contributed by atoms with Crippen LogP contribution in [0.25, 0.3) is 0 Å². The van der Waals surface area contributed by atoms with Crippen LogP contribution >= 0.6 is 15.6 Å². The molecule has 0 heterocycles. The van der Waals surface area contributed by atoms with E-state index >= 15 is 0 Å². The molecular weight excluding hydrogens is 778 g/mol. The Balaban J connectivity index is 4.70. The van der Waals surface area contributed by atoms with Crippen molar-refractivity contribution in [3.8, 4) is 0 Å². The predicted octanol–water partition coefficient (Wildman–Crippen LogP) is 8.88. The first-order valence-electron chi connectivity index (χ1n) is 20.4. The molecule has 0 aromatic carbocycles. The highest BCUT2D eigenvalue weighted by Gasteiger charge is 2.28. The van der Waals surface area contributed by atoms with E-state index < -0.39 is 72.3 Å². The molecule has 0 rings (SSSR count). The number of carbonyl (C=O) groups is 2. The zero-order chi connectivity index (χ0) is 42.6. The van der Waals surface area contributed by atoms with Crippen LogP contribution in [0.3, 0.4) is 0 Å². The van der Waals surface area contributed by atoms with E-state index in [1.54, 1.807) is 6.08 Å². The second kappa shape index (κ2) is 35.7. The summed E-state index contributed by atoms with van der Waals surface area (Å²) in [5.74, 6) is -0.377. The quantitative estimate of drug-likeness (QED) is 0.0130. The van der Waals surface area contributed by atoms with E-state index in [4.69, 9.17) is 23.8 Å². The van der Waals surface area contributed by atoms with E-state index in [0.717, 1.165) is 44.4 Å². The lowest BCUT2D eigenvalue weighted by molar-refractivity contribution is -0.161. The van der Waals surface area contributed by atoms with Crippen molar-refractivity contribution in [2.75, 3.05) is 26.4 Å². The molecule has 330 valence electrons. The number of carbonyl (C=O) groups excluding carboxylic acids is 2. The first-order valence-corrected chi connectivity index (χ1v) is 23.5. The van der Waals surface area contributed by atoms with Crippen LogP contribution in [-0.2, 0) is 41.8 Å². The van der Waals surface area contributed by atoms with Gasteiger partial charge in [0.2, 0.25) is 0 Å². The highest BCUT2D eigenvalue weighted by atomic mass is 31.2. The Kier molecular flexibility index (Phi) is 34.3. The van der Waals surface area contributed by atoms with Crippen LogP contribution in [0, 0.1) is 5.92 Å². The molecular formula is C41H72O14P2. The number of esters is 2. The molecule has 0 bridgehead atoms. The number of hydrogen-bond donors (Lipinski definition) is 5. The molecule has 14 nitrogen and oxygen atoms in total. The second-order valence-electron chi connectivity index (χ2n) is 14.2. The van der Waals surface area contributed by atoms with Crippen molar-refractivity contribution >= 4 is 27.6 Å². The van der Waals surface area contributed by atoms with E-state index in [1.165, 1.54) is 38.5 Å². The molecule has 0 radical (unpaired) electrons. The number of allylic oxidation sites excluding steroid dienone is 8. The summed E-state index contributed by atoms with van der Waals surface area (Å²) in [6.07, 6.45) is 31.6. The fourth-order valence-electron chi connectivity index (χ4n) is 5.06. The maximum Gasteiger partial charge on any atom is 0.472 e. The summed E-state index contributed by atoms with van der Waals surface area (Å²) < 4.78 is 47.6. The van der Waals surface area contributed by atoms with Gasteiger partial charge in [-0.25, -0.2) is 9.13 Å². The van der Waals surface area contributed by atoms with Gasteiger partial charge in [-0.2, -0.15) is 0 Å². The van der Waals surface area contributed by atoms with Crippen molar-refractivity contribution in [3.05, 3.63) is 60.8 Å². The summed E-state index contributed by atoms with van der Waals surface area (Å²) in [5, 5.41) is 19.5. The van der Waals surface area contributed by atoms with Gasteiger partial charge in [-0.3, -0.25) is 23.2 Å². The largest absolute Gasteiger partial charge is 0.472 e. The normalized spacial score (nSPS) is 15.4. The first kappa shape index (κ1) is 54.8. The van der Waals surface area contributed by atoms with Crippen LogP contribution < -0.4 is 0 Å². The van der Waals surface area contributed by atoms with Gasteiger partial charge in [-0.05, 0) is 50.9 Å².